The minimum atomic E-state index is -0.455. The average Bonchev–Trinajstić information content (AvgIpc) is 3.20. The third-order valence-corrected chi connectivity index (χ3v) is 5.55. The van der Waals surface area contributed by atoms with E-state index in [1.54, 1.807) is 0 Å². The Morgan fingerprint density at radius 3 is 2.96 bits per heavy atom. The first-order valence-corrected chi connectivity index (χ1v) is 9.27. The summed E-state index contributed by atoms with van der Waals surface area (Å²) in [5.74, 6) is -0.288. The second kappa shape index (κ2) is 7.49. The molecule has 2 atom stereocenters. The zero-order valence-electron chi connectivity index (χ0n) is 14.6. The maximum atomic E-state index is 13.7. The summed E-state index contributed by atoms with van der Waals surface area (Å²) >= 11 is 0. The summed E-state index contributed by atoms with van der Waals surface area (Å²) in [6.45, 7) is 2.95. The summed E-state index contributed by atoms with van der Waals surface area (Å²) in [5.41, 5.74) is 0.713. The van der Waals surface area contributed by atoms with Gasteiger partial charge in [0.15, 0.2) is 0 Å². The number of rotatable bonds is 4. The van der Waals surface area contributed by atoms with Gasteiger partial charge in [-0.15, -0.1) is 5.10 Å². The van der Waals surface area contributed by atoms with E-state index in [0.717, 1.165) is 6.42 Å². The van der Waals surface area contributed by atoms with Crippen molar-refractivity contribution in [1.82, 2.24) is 30.4 Å². The molecule has 1 aromatic carbocycles. The molecule has 0 bridgehead atoms. The molecular formula is C18H23FN6O. The summed E-state index contributed by atoms with van der Waals surface area (Å²) in [7, 11) is 0. The molecule has 1 aromatic heterocycles. The number of carbonyl (C=O) groups is 1. The number of hydrogen-bond acceptors (Lipinski definition) is 5. The van der Waals surface area contributed by atoms with Crippen LogP contribution in [0.5, 0.6) is 0 Å². The number of fused-ring (bicyclic) bond motifs is 1. The molecule has 0 unspecified atom stereocenters. The molecule has 1 N–H and O–H groups in total. The molecule has 0 aliphatic carbocycles. The molecule has 0 saturated carbocycles. The Bertz CT molecular complexity index is 763. The number of carbonyl (C=O) groups excluding carboxylic acids is 1. The smallest absolute Gasteiger partial charge is 0.253 e. The Kier molecular flexibility index (Phi) is 4.92. The van der Waals surface area contributed by atoms with Crippen molar-refractivity contribution >= 4 is 5.91 Å². The largest absolute Gasteiger partial charge is 0.352 e. The number of aromatic nitrogens is 4. The molecule has 7 nitrogen and oxygen atoms in total. The Balaban J connectivity index is 1.47. The highest BCUT2D eigenvalue weighted by atomic mass is 19.1. The second-order valence-corrected chi connectivity index (χ2v) is 7.13. The fraction of sp³-hybridized carbons (Fsp3) is 0.556. The van der Waals surface area contributed by atoms with E-state index in [0.29, 0.717) is 24.2 Å². The lowest BCUT2D eigenvalue weighted by atomic mass is 9.83. The topological polar surface area (TPSA) is 75.9 Å². The van der Waals surface area contributed by atoms with Crippen LogP contribution in [-0.2, 0) is 0 Å². The van der Waals surface area contributed by atoms with Crippen LogP contribution in [0.15, 0.2) is 24.5 Å². The van der Waals surface area contributed by atoms with Crippen LogP contribution in [0.25, 0.3) is 5.69 Å². The first-order chi connectivity index (χ1) is 12.7. The molecular weight excluding hydrogens is 335 g/mol. The van der Waals surface area contributed by atoms with Gasteiger partial charge in [0, 0.05) is 12.6 Å². The maximum absolute atomic E-state index is 13.7. The number of amides is 1. The van der Waals surface area contributed by atoms with Crippen LogP contribution in [0.3, 0.4) is 0 Å². The molecule has 138 valence electrons. The molecule has 2 saturated heterocycles. The first-order valence-electron chi connectivity index (χ1n) is 9.27. The third-order valence-electron chi connectivity index (χ3n) is 5.55. The van der Waals surface area contributed by atoms with E-state index in [-0.39, 0.29) is 11.5 Å². The lowest BCUT2D eigenvalue weighted by molar-refractivity contribution is 0.0575. The van der Waals surface area contributed by atoms with E-state index >= 15 is 0 Å². The van der Waals surface area contributed by atoms with E-state index in [2.05, 4.69) is 25.7 Å². The minimum Gasteiger partial charge on any atom is -0.352 e. The summed E-state index contributed by atoms with van der Waals surface area (Å²) < 4.78 is 15.1. The Hall–Kier alpha value is -2.35. The minimum absolute atomic E-state index is 0.244. The van der Waals surface area contributed by atoms with Gasteiger partial charge in [-0.2, -0.15) is 4.68 Å². The van der Waals surface area contributed by atoms with Gasteiger partial charge in [-0.3, -0.25) is 4.79 Å². The van der Waals surface area contributed by atoms with E-state index < -0.39 is 5.82 Å². The molecule has 3 heterocycles. The van der Waals surface area contributed by atoms with Gasteiger partial charge in [0.25, 0.3) is 5.91 Å². The van der Waals surface area contributed by atoms with Crippen LogP contribution in [-0.4, -0.2) is 56.7 Å². The van der Waals surface area contributed by atoms with E-state index in [4.69, 9.17) is 0 Å². The third kappa shape index (κ3) is 3.46. The van der Waals surface area contributed by atoms with Gasteiger partial charge in [-0.05, 0) is 73.3 Å². The zero-order chi connectivity index (χ0) is 17.9. The molecule has 2 fully saturated rings. The highest BCUT2D eigenvalue weighted by Gasteiger charge is 2.33. The summed E-state index contributed by atoms with van der Waals surface area (Å²) in [4.78, 5) is 15.3. The van der Waals surface area contributed by atoms with Crippen LogP contribution >= 0.6 is 0 Å². The monoisotopic (exact) mass is 358 g/mol. The van der Waals surface area contributed by atoms with Crippen molar-refractivity contribution in [2.24, 2.45) is 5.92 Å². The van der Waals surface area contributed by atoms with Gasteiger partial charge in [0.2, 0.25) is 0 Å². The van der Waals surface area contributed by atoms with Crippen LogP contribution in [0, 0.1) is 11.7 Å². The lowest BCUT2D eigenvalue weighted by Gasteiger charge is -2.44. The van der Waals surface area contributed by atoms with E-state index in [1.165, 1.54) is 68.0 Å². The molecule has 2 aromatic rings. The number of benzene rings is 1. The molecule has 1 amide bonds. The number of nitrogens with zero attached hydrogens (tertiary/aromatic N) is 5. The number of nitrogens with one attached hydrogen (secondary N) is 1. The summed E-state index contributed by atoms with van der Waals surface area (Å²) in [6.07, 6.45) is 7.44. The Morgan fingerprint density at radius 2 is 2.12 bits per heavy atom. The predicted octanol–water partition coefficient (Wildman–Crippen LogP) is 1.80. The quantitative estimate of drug-likeness (QED) is 0.902. The fourth-order valence-corrected chi connectivity index (χ4v) is 4.30. The lowest BCUT2D eigenvalue weighted by Crippen LogP contribution is -2.51. The predicted molar refractivity (Wildman–Crippen MR) is 93.4 cm³/mol. The van der Waals surface area contributed by atoms with Gasteiger partial charge >= 0.3 is 0 Å². The number of halogens is 1. The van der Waals surface area contributed by atoms with Crippen molar-refractivity contribution in [1.29, 1.82) is 0 Å². The van der Waals surface area contributed by atoms with E-state index in [1.807, 2.05) is 0 Å². The Labute approximate surface area is 151 Å². The normalized spacial score (nSPS) is 23.4. The molecule has 26 heavy (non-hydrogen) atoms. The number of piperidine rings is 2. The highest BCUT2D eigenvalue weighted by Crippen LogP contribution is 2.30. The van der Waals surface area contributed by atoms with Crippen molar-refractivity contribution in [3.05, 3.63) is 35.9 Å². The summed E-state index contributed by atoms with van der Waals surface area (Å²) in [6, 6.07) is 4.61. The van der Waals surface area contributed by atoms with Gasteiger partial charge in [-0.1, -0.05) is 6.42 Å². The number of tetrazole rings is 1. The maximum Gasteiger partial charge on any atom is 0.253 e. The van der Waals surface area contributed by atoms with Gasteiger partial charge in [-0.25, -0.2) is 4.39 Å². The van der Waals surface area contributed by atoms with Crippen LogP contribution in [0.4, 0.5) is 4.39 Å². The SMILES string of the molecule is O=C(NC[C@@H]1CCCN2CCCC[C@H]12)c1cc(F)ccc1-n1cnnn1. The highest BCUT2D eigenvalue weighted by molar-refractivity contribution is 5.97. The van der Waals surface area contributed by atoms with Crippen molar-refractivity contribution in [3.8, 4) is 5.69 Å². The van der Waals surface area contributed by atoms with Crippen molar-refractivity contribution in [3.63, 3.8) is 0 Å². The van der Waals surface area contributed by atoms with Gasteiger partial charge in [0.05, 0.1) is 11.3 Å². The molecule has 4 rings (SSSR count). The van der Waals surface area contributed by atoms with Crippen LogP contribution in [0.2, 0.25) is 0 Å². The van der Waals surface area contributed by atoms with Crippen molar-refractivity contribution in [2.45, 2.75) is 38.1 Å². The van der Waals surface area contributed by atoms with Gasteiger partial charge in [0.1, 0.15) is 12.1 Å². The molecule has 0 spiro atoms. The molecule has 2 aliphatic heterocycles. The van der Waals surface area contributed by atoms with Crippen molar-refractivity contribution in [2.75, 3.05) is 19.6 Å². The first kappa shape index (κ1) is 17.1. The summed E-state index contributed by atoms with van der Waals surface area (Å²) in [5, 5.41) is 14.0. The molecule has 0 radical (unpaired) electrons. The Morgan fingerprint density at radius 1 is 1.23 bits per heavy atom. The molecule has 2 aliphatic rings. The average molecular weight is 358 g/mol. The standard InChI is InChI=1S/C18H23FN6O/c19-14-6-7-17(25-12-21-22-23-25)15(10-14)18(26)20-11-13-4-3-9-24-8-2-1-5-16(13)24/h6-7,10,12-13,16H,1-5,8-9,11H2,(H,20,26)/t13-,16+/m0/s1. The van der Waals surface area contributed by atoms with Gasteiger partial charge < -0.3 is 10.2 Å². The number of hydrogen-bond donors (Lipinski definition) is 1. The van der Waals surface area contributed by atoms with E-state index in [9.17, 15) is 9.18 Å². The van der Waals surface area contributed by atoms with Crippen LogP contribution in [0.1, 0.15) is 42.5 Å². The zero-order valence-corrected chi connectivity index (χ0v) is 14.6. The van der Waals surface area contributed by atoms with Crippen LogP contribution < -0.4 is 5.32 Å². The van der Waals surface area contributed by atoms with Crippen molar-refractivity contribution < 1.29 is 9.18 Å². The fourth-order valence-electron chi connectivity index (χ4n) is 4.30. The molecule has 8 heteroatoms. The second-order valence-electron chi connectivity index (χ2n) is 7.13.